The first-order valence-corrected chi connectivity index (χ1v) is 6.60. The van der Waals surface area contributed by atoms with E-state index >= 15 is 0 Å². The number of hydrogen-bond donors (Lipinski definition) is 3. The summed E-state index contributed by atoms with van der Waals surface area (Å²) in [5.74, 6) is -0.818. The number of methoxy groups -OCH3 is 1. The van der Waals surface area contributed by atoms with Crippen LogP contribution < -0.4 is 10.6 Å². The van der Waals surface area contributed by atoms with Gasteiger partial charge < -0.3 is 20.5 Å². The largest absolute Gasteiger partial charge is 0.481 e. The third-order valence-electron chi connectivity index (χ3n) is 3.56. The van der Waals surface area contributed by atoms with E-state index < -0.39 is 16.9 Å². The van der Waals surface area contributed by atoms with Crippen LogP contribution in [0.3, 0.4) is 0 Å². The fourth-order valence-corrected chi connectivity index (χ4v) is 2.52. The summed E-state index contributed by atoms with van der Waals surface area (Å²) in [5, 5.41) is 14.7. The summed E-state index contributed by atoms with van der Waals surface area (Å²) in [6.45, 7) is 4.26. The van der Waals surface area contributed by atoms with Gasteiger partial charge >= 0.3 is 12.0 Å². The number of aliphatic carboxylic acids is 1. The fraction of sp³-hybridized carbons (Fsp3) is 0.846. The predicted octanol–water partition coefficient (Wildman–Crippen LogP) is 1.36. The molecule has 110 valence electrons. The number of ether oxygens (including phenoxy) is 1. The highest BCUT2D eigenvalue weighted by atomic mass is 16.5. The summed E-state index contributed by atoms with van der Waals surface area (Å²) in [6, 6.07) is -0.352. The molecule has 19 heavy (non-hydrogen) atoms. The Kier molecular flexibility index (Phi) is 5.17. The Morgan fingerprint density at radius 2 is 1.89 bits per heavy atom. The van der Waals surface area contributed by atoms with E-state index in [1.807, 2.05) is 13.8 Å². The number of amides is 2. The van der Waals surface area contributed by atoms with Crippen LogP contribution in [0.1, 0.15) is 39.5 Å². The molecule has 0 heterocycles. The maximum Gasteiger partial charge on any atom is 0.315 e. The summed E-state index contributed by atoms with van der Waals surface area (Å²) >= 11 is 0. The van der Waals surface area contributed by atoms with Crippen LogP contribution in [-0.2, 0) is 9.53 Å². The van der Waals surface area contributed by atoms with E-state index in [0.717, 1.165) is 12.8 Å². The number of rotatable bonds is 6. The molecule has 1 rings (SSSR count). The van der Waals surface area contributed by atoms with E-state index in [2.05, 4.69) is 10.6 Å². The lowest BCUT2D eigenvalue weighted by Gasteiger charge is -2.28. The first-order chi connectivity index (χ1) is 8.81. The lowest BCUT2D eigenvalue weighted by molar-refractivity contribution is -0.148. The van der Waals surface area contributed by atoms with Crippen molar-refractivity contribution < 1.29 is 19.4 Å². The second-order valence-electron chi connectivity index (χ2n) is 5.92. The van der Waals surface area contributed by atoms with Crippen molar-refractivity contribution >= 4 is 12.0 Å². The first-order valence-electron chi connectivity index (χ1n) is 6.60. The fourth-order valence-electron chi connectivity index (χ4n) is 2.52. The molecule has 1 fully saturated rings. The third kappa shape index (κ3) is 4.38. The highest BCUT2D eigenvalue weighted by Gasteiger charge is 2.41. The van der Waals surface area contributed by atoms with Gasteiger partial charge in [0.25, 0.3) is 0 Å². The van der Waals surface area contributed by atoms with Gasteiger partial charge in [0.1, 0.15) is 0 Å². The molecule has 0 unspecified atom stereocenters. The maximum absolute atomic E-state index is 11.8. The van der Waals surface area contributed by atoms with Crippen LogP contribution in [0.4, 0.5) is 4.79 Å². The quantitative estimate of drug-likeness (QED) is 0.681. The first kappa shape index (κ1) is 15.8. The molecule has 0 radical (unpaired) electrons. The average Bonchev–Trinajstić information content (AvgIpc) is 2.75. The summed E-state index contributed by atoms with van der Waals surface area (Å²) < 4.78 is 5.01. The van der Waals surface area contributed by atoms with E-state index in [9.17, 15) is 14.7 Å². The Balaban J connectivity index is 2.47. The molecule has 6 heteroatoms. The van der Waals surface area contributed by atoms with Crippen LogP contribution in [0.5, 0.6) is 0 Å². The molecule has 0 aromatic heterocycles. The van der Waals surface area contributed by atoms with Gasteiger partial charge in [0.15, 0.2) is 0 Å². The highest BCUT2D eigenvalue weighted by Crippen LogP contribution is 2.37. The molecule has 6 nitrogen and oxygen atoms in total. The smallest absolute Gasteiger partial charge is 0.315 e. The minimum absolute atomic E-state index is 0.178. The minimum Gasteiger partial charge on any atom is -0.481 e. The predicted molar refractivity (Wildman–Crippen MR) is 71.0 cm³/mol. The molecule has 1 aliphatic carbocycles. The van der Waals surface area contributed by atoms with Crippen molar-refractivity contribution in [1.29, 1.82) is 0 Å². The molecule has 0 aliphatic heterocycles. The molecule has 2 amide bonds. The Bertz CT molecular complexity index is 336. The Hall–Kier alpha value is -1.30. The van der Waals surface area contributed by atoms with Crippen LogP contribution in [-0.4, -0.2) is 42.9 Å². The van der Waals surface area contributed by atoms with Crippen LogP contribution in [0.15, 0.2) is 0 Å². The van der Waals surface area contributed by atoms with Crippen LogP contribution >= 0.6 is 0 Å². The normalized spacial score (nSPS) is 18.1. The number of carboxylic acid groups (broad SMARTS) is 1. The summed E-state index contributed by atoms with van der Waals surface area (Å²) in [7, 11) is 1.57. The van der Waals surface area contributed by atoms with Crippen molar-refractivity contribution in [1.82, 2.24) is 10.6 Å². The molecular weight excluding hydrogens is 248 g/mol. The van der Waals surface area contributed by atoms with Crippen LogP contribution in [0.2, 0.25) is 0 Å². The summed E-state index contributed by atoms with van der Waals surface area (Å²) in [5.41, 5.74) is -1.27. The molecule has 1 aliphatic rings. The number of carbonyl (C=O) groups is 2. The Morgan fingerprint density at radius 3 is 2.37 bits per heavy atom. The number of urea groups is 1. The Morgan fingerprint density at radius 1 is 1.32 bits per heavy atom. The second-order valence-corrected chi connectivity index (χ2v) is 5.92. The maximum atomic E-state index is 11.8. The van der Waals surface area contributed by atoms with E-state index in [0.29, 0.717) is 19.4 Å². The monoisotopic (exact) mass is 272 g/mol. The summed E-state index contributed by atoms with van der Waals surface area (Å²) in [6.07, 6.45) is 3.07. The third-order valence-corrected chi connectivity index (χ3v) is 3.56. The van der Waals surface area contributed by atoms with Gasteiger partial charge in [0.2, 0.25) is 0 Å². The zero-order valence-corrected chi connectivity index (χ0v) is 11.9. The van der Waals surface area contributed by atoms with Gasteiger partial charge in [-0.3, -0.25) is 4.79 Å². The van der Waals surface area contributed by atoms with Crippen molar-refractivity contribution in [2.45, 2.75) is 45.1 Å². The topological polar surface area (TPSA) is 87.7 Å². The molecule has 3 N–H and O–H groups in total. The average molecular weight is 272 g/mol. The molecule has 0 aromatic rings. The SMILES string of the molecule is COCC(C)(C)NC(=O)NCC1(C(=O)O)CCCC1. The Labute approximate surface area is 113 Å². The van der Waals surface area contributed by atoms with Crippen molar-refractivity contribution in [2.24, 2.45) is 5.41 Å². The van der Waals surface area contributed by atoms with Crippen molar-refractivity contribution in [3.8, 4) is 0 Å². The van der Waals surface area contributed by atoms with Crippen molar-refractivity contribution in [3.63, 3.8) is 0 Å². The summed E-state index contributed by atoms with van der Waals surface area (Å²) in [4.78, 5) is 23.1. The standard InChI is InChI=1S/C13H24N2O4/c1-12(2,9-19-3)15-11(18)14-8-13(10(16)17)6-4-5-7-13/h4-9H2,1-3H3,(H,16,17)(H2,14,15,18). The molecule has 0 spiro atoms. The highest BCUT2D eigenvalue weighted by molar-refractivity contribution is 5.78. The molecule has 0 bridgehead atoms. The molecular formula is C13H24N2O4. The van der Waals surface area contributed by atoms with Gasteiger partial charge in [-0.15, -0.1) is 0 Å². The molecule has 1 saturated carbocycles. The van der Waals surface area contributed by atoms with E-state index in [4.69, 9.17) is 4.74 Å². The number of hydrogen-bond acceptors (Lipinski definition) is 3. The van der Waals surface area contributed by atoms with Gasteiger partial charge in [-0.05, 0) is 26.7 Å². The lowest BCUT2D eigenvalue weighted by atomic mass is 9.86. The van der Waals surface area contributed by atoms with Gasteiger partial charge in [0, 0.05) is 13.7 Å². The number of carboxylic acids is 1. The van der Waals surface area contributed by atoms with Crippen molar-refractivity contribution in [2.75, 3.05) is 20.3 Å². The molecule has 0 saturated heterocycles. The van der Waals surface area contributed by atoms with Gasteiger partial charge in [-0.25, -0.2) is 4.79 Å². The van der Waals surface area contributed by atoms with Crippen LogP contribution in [0, 0.1) is 5.41 Å². The lowest BCUT2D eigenvalue weighted by Crippen LogP contribution is -2.53. The number of nitrogens with one attached hydrogen (secondary N) is 2. The van der Waals surface area contributed by atoms with E-state index in [1.54, 1.807) is 7.11 Å². The number of carbonyl (C=O) groups excluding carboxylic acids is 1. The van der Waals surface area contributed by atoms with Gasteiger partial charge in [-0.1, -0.05) is 12.8 Å². The van der Waals surface area contributed by atoms with Gasteiger partial charge in [0.05, 0.1) is 17.6 Å². The van der Waals surface area contributed by atoms with Crippen molar-refractivity contribution in [3.05, 3.63) is 0 Å². The second kappa shape index (κ2) is 6.23. The minimum atomic E-state index is -0.818. The van der Waals surface area contributed by atoms with Gasteiger partial charge in [-0.2, -0.15) is 0 Å². The molecule has 0 atom stereocenters. The zero-order chi connectivity index (χ0) is 14.5. The van der Waals surface area contributed by atoms with E-state index in [1.165, 1.54) is 0 Å². The molecule has 0 aromatic carbocycles. The zero-order valence-electron chi connectivity index (χ0n) is 11.9. The van der Waals surface area contributed by atoms with E-state index in [-0.39, 0.29) is 12.6 Å². The van der Waals surface area contributed by atoms with Crippen LogP contribution in [0.25, 0.3) is 0 Å².